The number of aryl methyl sites for hydroxylation is 1. The third-order valence-electron chi connectivity index (χ3n) is 4.02. The molecule has 0 radical (unpaired) electrons. The first kappa shape index (κ1) is 21.1. The molecule has 2 heterocycles. The van der Waals surface area contributed by atoms with Crippen LogP contribution in [0, 0.1) is 6.92 Å². The normalized spacial score (nSPS) is 18.4. The van der Waals surface area contributed by atoms with Crippen molar-refractivity contribution in [2.75, 3.05) is 11.6 Å². The molecule has 3 rings (SSSR count). The lowest BCUT2D eigenvalue weighted by molar-refractivity contribution is -0.137. The van der Waals surface area contributed by atoms with Gasteiger partial charge < -0.3 is 5.32 Å². The second-order valence-electron chi connectivity index (χ2n) is 6.01. The van der Waals surface area contributed by atoms with E-state index in [1.165, 1.54) is 23.1 Å². The molecule has 0 unspecified atom stereocenters. The Morgan fingerprint density at radius 3 is 2.79 bits per heavy atom. The molecule has 6 nitrogen and oxygen atoms in total. The van der Waals surface area contributed by atoms with Crippen LogP contribution in [-0.2, 0) is 27.5 Å². The Labute approximate surface area is 168 Å². The number of aromatic nitrogens is 1. The van der Waals surface area contributed by atoms with Crippen molar-refractivity contribution in [1.82, 2.24) is 14.6 Å². The highest BCUT2D eigenvalue weighted by Gasteiger charge is 2.41. The first-order valence-corrected chi connectivity index (χ1v) is 11.5. The Morgan fingerprint density at radius 2 is 2.14 bits per heavy atom. The summed E-state index contributed by atoms with van der Waals surface area (Å²) in [6, 6.07) is 2.53. The Bertz CT molecular complexity index is 976. The molecular formula is C16H16F3N3O3S3. The van der Waals surface area contributed by atoms with Crippen LogP contribution in [0.3, 0.4) is 0 Å². The molecule has 28 heavy (non-hydrogen) atoms. The number of carbonyl (C=O) groups is 1. The van der Waals surface area contributed by atoms with Gasteiger partial charge in [-0.2, -0.15) is 17.5 Å². The highest BCUT2D eigenvalue weighted by molar-refractivity contribution is 8.00. The van der Waals surface area contributed by atoms with E-state index in [0.717, 1.165) is 27.5 Å². The monoisotopic (exact) mass is 451 g/mol. The molecule has 1 N–H and O–H groups in total. The average Bonchev–Trinajstić information content (AvgIpc) is 3.28. The van der Waals surface area contributed by atoms with E-state index in [1.54, 1.807) is 5.38 Å². The van der Waals surface area contributed by atoms with Crippen LogP contribution in [0.25, 0.3) is 0 Å². The van der Waals surface area contributed by atoms with E-state index < -0.39 is 38.6 Å². The minimum Gasteiger partial charge on any atom is -0.349 e. The van der Waals surface area contributed by atoms with Crippen LogP contribution in [0.15, 0.2) is 34.5 Å². The molecule has 0 bridgehead atoms. The molecule has 152 valence electrons. The lowest BCUT2D eigenvalue weighted by Gasteiger charge is -2.23. The fourth-order valence-electron chi connectivity index (χ4n) is 2.62. The van der Waals surface area contributed by atoms with Crippen molar-refractivity contribution in [1.29, 1.82) is 0 Å². The van der Waals surface area contributed by atoms with Crippen molar-refractivity contribution >= 4 is 39.0 Å². The fourth-order valence-corrected chi connectivity index (χ4v) is 6.43. The van der Waals surface area contributed by atoms with Crippen LogP contribution in [0.2, 0.25) is 0 Å². The maximum atomic E-state index is 12.9. The molecule has 12 heteroatoms. The van der Waals surface area contributed by atoms with E-state index in [4.69, 9.17) is 0 Å². The second-order valence-corrected chi connectivity index (χ2v) is 9.96. The van der Waals surface area contributed by atoms with Gasteiger partial charge in [-0.25, -0.2) is 13.4 Å². The van der Waals surface area contributed by atoms with Crippen molar-refractivity contribution in [2.45, 2.75) is 30.6 Å². The lowest BCUT2D eigenvalue weighted by Crippen LogP contribution is -2.47. The summed E-state index contributed by atoms with van der Waals surface area (Å²) in [4.78, 5) is 16.2. The van der Waals surface area contributed by atoms with E-state index in [1.807, 2.05) is 6.92 Å². The van der Waals surface area contributed by atoms with E-state index >= 15 is 0 Å². The first-order valence-electron chi connectivity index (χ1n) is 8.04. The number of halogens is 3. The first-order chi connectivity index (χ1) is 13.1. The number of hydrogen-bond acceptors (Lipinski definition) is 6. The number of alkyl halides is 3. The molecule has 1 aliphatic heterocycles. The number of thiazole rings is 1. The standard InChI is InChI=1S/C16H16F3N3O3S3/c1-10-21-12(7-27-10)6-20-15(23)14-8-26-9-22(14)28(24,25)13-4-2-3-11(5-13)16(17,18)19/h2-5,7,14H,6,8-9H2,1H3,(H,20,23)/t14-/m1/s1. The number of nitrogens with one attached hydrogen (secondary N) is 1. The smallest absolute Gasteiger partial charge is 0.349 e. The summed E-state index contributed by atoms with van der Waals surface area (Å²) in [5, 5.41) is 5.28. The van der Waals surface area contributed by atoms with Gasteiger partial charge in [-0.3, -0.25) is 4.79 Å². The molecular weight excluding hydrogens is 435 g/mol. The molecule has 1 fully saturated rings. The van der Waals surface area contributed by atoms with E-state index in [9.17, 15) is 26.4 Å². The van der Waals surface area contributed by atoms with Crippen LogP contribution in [-0.4, -0.2) is 41.3 Å². The van der Waals surface area contributed by atoms with Gasteiger partial charge in [-0.15, -0.1) is 23.1 Å². The Kier molecular flexibility index (Phi) is 6.03. The minimum atomic E-state index is -4.66. The predicted molar refractivity (Wildman–Crippen MR) is 100 cm³/mol. The highest BCUT2D eigenvalue weighted by Crippen LogP contribution is 2.33. The van der Waals surface area contributed by atoms with Crippen LogP contribution < -0.4 is 5.32 Å². The van der Waals surface area contributed by atoms with Crippen LogP contribution >= 0.6 is 23.1 Å². The quantitative estimate of drug-likeness (QED) is 0.756. The topological polar surface area (TPSA) is 79.4 Å². The van der Waals surface area contributed by atoms with E-state index in [2.05, 4.69) is 10.3 Å². The van der Waals surface area contributed by atoms with Gasteiger partial charge in [0.15, 0.2) is 0 Å². The van der Waals surface area contributed by atoms with Gasteiger partial charge in [-0.05, 0) is 25.1 Å². The summed E-state index contributed by atoms with van der Waals surface area (Å²) in [5.74, 6) is -0.293. The van der Waals surface area contributed by atoms with Crippen molar-refractivity contribution in [3.63, 3.8) is 0 Å². The molecule has 0 saturated carbocycles. The molecule has 1 amide bonds. The Hall–Kier alpha value is -1.63. The molecule has 1 saturated heterocycles. The second kappa shape index (κ2) is 8.01. The molecule has 0 spiro atoms. The zero-order chi connectivity index (χ0) is 20.5. The SMILES string of the molecule is Cc1nc(CNC(=O)[C@H]2CSCN2S(=O)(=O)c2cccc(C(F)(F)F)c2)cs1. The summed E-state index contributed by atoms with van der Waals surface area (Å²) >= 11 is 2.65. The number of hydrogen-bond donors (Lipinski definition) is 1. The fraction of sp³-hybridized carbons (Fsp3) is 0.375. The van der Waals surface area contributed by atoms with Gasteiger partial charge in [0, 0.05) is 11.1 Å². The largest absolute Gasteiger partial charge is 0.416 e. The lowest BCUT2D eigenvalue weighted by atomic mass is 10.2. The third kappa shape index (κ3) is 4.50. The van der Waals surface area contributed by atoms with Crippen molar-refractivity contribution in [2.24, 2.45) is 0 Å². The summed E-state index contributed by atoms with van der Waals surface area (Å²) in [5.41, 5.74) is -0.394. The highest BCUT2D eigenvalue weighted by atomic mass is 32.2. The zero-order valence-electron chi connectivity index (χ0n) is 14.6. The molecule has 1 aliphatic rings. The third-order valence-corrected chi connectivity index (χ3v) is 7.87. The molecule has 1 atom stereocenters. The number of carbonyl (C=O) groups excluding carboxylic acids is 1. The number of thioether (sulfide) groups is 1. The average molecular weight is 452 g/mol. The number of amides is 1. The maximum absolute atomic E-state index is 12.9. The van der Waals surface area contributed by atoms with Crippen LogP contribution in [0.5, 0.6) is 0 Å². The van der Waals surface area contributed by atoms with Gasteiger partial charge >= 0.3 is 6.18 Å². The summed E-state index contributed by atoms with van der Waals surface area (Å²) < 4.78 is 65.4. The van der Waals surface area contributed by atoms with Gasteiger partial charge in [0.25, 0.3) is 0 Å². The van der Waals surface area contributed by atoms with E-state index in [-0.39, 0.29) is 18.2 Å². The Morgan fingerprint density at radius 1 is 1.39 bits per heavy atom. The number of rotatable bonds is 5. The van der Waals surface area contributed by atoms with Gasteiger partial charge in [0.1, 0.15) is 6.04 Å². The van der Waals surface area contributed by atoms with Crippen molar-refractivity contribution in [3.8, 4) is 0 Å². The van der Waals surface area contributed by atoms with Crippen molar-refractivity contribution < 1.29 is 26.4 Å². The van der Waals surface area contributed by atoms with Crippen LogP contribution in [0.4, 0.5) is 13.2 Å². The van der Waals surface area contributed by atoms with Crippen molar-refractivity contribution in [3.05, 3.63) is 45.9 Å². The zero-order valence-corrected chi connectivity index (χ0v) is 17.0. The van der Waals surface area contributed by atoms with Gasteiger partial charge in [0.05, 0.1) is 33.6 Å². The maximum Gasteiger partial charge on any atom is 0.416 e. The Balaban J connectivity index is 1.78. The predicted octanol–water partition coefficient (Wildman–Crippen LogP) is 2.85. The van der Waals surface area contributed by atoms with Gasteiger partial charge in [-0.1, -0.05) is 6.07 Å². The number of nitrogens with zero attached hydrogens (tertiary/aromatic N) is 2. The molecule has 1 aromatic heterocycles. The molecule has 2 aromatic rings. The molecule has 1 aromatic carbocycles. The van der Waals surface area contributed by atoms with Gasteiger partial charge in [0.2, 0.25) is 15.9 Å². The summed E-state index contributed by atoms with van der Waals surface area (Å²) in [7, 11) is -4.26. The number of sulfonamides is 1. The minimum absolute atomic E-state index is 0.00747. The molecule has 0 aliphatic carbocycles. The summed E-state index contributed by atoms with van der Waals surface area (Å²) in [6.45, 7) is 1.98. The number of benzene rings is 1. The summed E-state index contributed by atoms with van der Waals surface area (Å²) in [6.07, 6.45) is -4.66. The van der Waals surface area contributed by atoms with E-state index in [0.29, 0.717) is 11.8 Å². The van der Waals surface area contributed by atoms with Crippen LogP contribution in [0.1, 0.15) is 16.3 Å².